The van der Waals surface area contributed by atoms with Gasteiger partial charge in [0.1, 0.15) is 5.75 Å². The van der Waals surface area contributed by atoms with Gasteiger partial charge in [0.15, 0.2) is 0 Å². The maximum atomic E-state index is 13.1. The van der Waals surface area contributed by atoms with Gasteiger partial charge >= 0.3 is 0 Å². The second kappa shape index (κ2) is 7.91. The molecule has 2 heterocycles. The van der Waals surface area contributed by atoms with E-state index in [1.165, 1.54) is 0 Å². The molecule has 0 spiro atoms. The van der Waals surface area contributed by atoms with Crippen LogP contribution in [0.25, 0.3) is 10.9 Å². The number of para-hydroxylation sites is 2. The van der Waals surface area contributed by atoms with Crippen LogP contribution in [0.3, 0.4) is 0 Å². The van der Waals surface area contributed by atoms with E-state index in [1.807, 2.05) is 53.6 Å². The smallest absolute Gasteiger partial charge is 0.256 e. The van der Waals surface area contributed by atoms with Crippen LogP contribution in [0.5, 0.6) is 5.75 Å². The largest absolute Gasteiger partial charge is 0.490 e. The molecule has 2 fully saturated rings. The minimum atomic E-state index is 0.113. The highest BCUT2D eigenvalue weighted by atomic mass is 16.5. The summed E-state index contributed by atoms with van der Waals surface area (Å²) in [5.41, 5.74) is 1.94. The Hall–Kier alpha value is -2.79. The third-order valence-electron chi connectivity index (χ3n) is 6.01. The van der Waals surface area contributed by atoms with Crippen LogP contribution in [-0.2, 0) is 11.3 Å². The van der Waals surface area contributed by atoms with Crippen LogP contribution in [-0.4, -0.2) is 47.8 Å². The molecule has 0 radical (unpaired) electrons. The van der Waals surface area contributed by atoms with Crippen molar-refractivity contribution in [2.45, 2.75) is 25.5 Å². The van der Waals surface area contributed by atoms with E-state index in [1.54, 1.807) is 0 Å². The Labute approximate surface area is 170 Å². The zero-order valence-electron chi connectivity index (χ0n) is 16.5. The van der Waals surface area contributed by atoms with Gasteiger partial charge in [-0.2, -0.15) is 0 Å². The van der Waals surface area contributed by atoms with Crippen LogP contribution >= 0.6 is 0 Å². The van der Waals surface area contributed by atoms with Crippen LogP contribution in [0.2, 0.25) is 0 Å². The van der Waals surface area contributed by atoms with Crippen molar-refractivity contribution in [2.24, 2.45) is 5.92 Å². The molecule has 0 atom stereocenters. The zero-order valence-corrected chi connectivity index (χ0v) is 16.5. The van der Waals surface area contributed by atoms with E-state index in [0.717, 1.165) is 41.6 Å². The summed E-state index contributed by atoms with van der Waals surface area (Å²) in [4.78, 5) is 15.0. The number of carbonyl (C=O) groups excluding carboxylic acids is 1. The topological polar surface area (TPSA) is 43.7 Å². The van der Waals surface area contributed by atoms with E-state index in [0.29, 0.717) is 38.3 Å². The Morgan fingerprint density at radius 1 is 1.00 bits per heavy atom. The summed E-state index contributed by atoms with van der Waals surface area (Å²) in [6, 6.07) is 18.3. The van der Waals surface area contributed by atoms with E-state index in [-0.39, 0.29) is 5.91 Å². The molecule has 0 bridgehead atoms. The van der Waals surface area contributed by atoms with Crippen molar-refractivity contribution < 1.29 is 14.3 Å². The molecule has 1 saturated carbocycles. The molecule has 3 aromatic rings. The molecule has 150 valence electrons. The van der Waals surface area contributed by atoms with Crippen LogP contribution in [0.15, 0.2) is 60.8 Å². The lowest BCUT2D eigenvalue weighted by Crippen LogP contribution is -2.40. The highest BCUT2D eigenvalue weighted by Gasteiger charge is 2.32. The van der Waals surface area contributed by atoms with Crippen LogP contribution in [0.4, 0.5) is 0 Å². The van der Waals surface area contributed by atoms with Gasteiger partial charge in [-0.15, -0.1) is 0 Å². The lowest BCUT2D eigenvalue weighted by molar-refractivity contribution is 0.0303. The molecule has 1 amide bonds. The van der Waals surface area contributed by atoms with Gasteiger partial charge in [0.2, 0.25) is 0 Å². The van der Waals surface area contributed by atoms with Gasteiger partial charge in [-0.05, 0) is 37.0 Å². The first-order valence-corrected chi connectivity index (χ1v) is 10.4. The Bertz CT molecular complexity index is 986. The summed E-state index contributed by atoms with van der Waals surface area (Å²) in [7, 11) is 0. The molecule has 5 heteroatoms. The van der Waals surface area contributed by atoms with Crippen LogP contribution in [0, 0.1) is 5.92 Å². The fourth-order valence-electron chi connectivity index (χ4n) is 4.39. The number of benzene rings is 2. The zero-order chi connectivity index (χ0) is 19.6. The number of morpholine rings is 1. The highest BCUT2D eigenvalue weighted by Crippen LogP contribution is 2.34. The molecule has 1 aromatic heterocycles. The van der Waals surface area contributed by atoms with Crippen LogP contribution < -0.4 is 4.74 Å². The molecular weight excluding hydrogens is 364 g/mol. The minimum absolute atomic E-state index is 0.113. The lowest BCUT2D eigenvalue weighted by Gasteiger charge is -2.35. The van der Waals surface area contributed by atoms with Gasteiger partial charge in [-0.3, -0.25) is 4.79 Å². The van der Waals surface area contributed by atoms with Crippen molar-refractivity contribution in [3.05, 3.63) is 66.4 Å². The van der Waals surface area contributed by atoms with Crippen molar-refractivity contribution >= 4 is 16.8 Å². The first kappa shape index (κ1) is 18.3. The van der Waals surface area contributed by atoms with E-state index < -0.39 is 0 Å². The molecule has 5 nitrogen and oxygen atoms in total. The first-order chi connectivity index (χ1) is 14.3. The fraction of sp³-hybridized carbons (Fsp3) is 0.375. The average Bonchev–Trinajstić information content (AvgIpc) is 3.12. The van der Waals surface area contributed by atoms with Crippen molar-refractivity contribution in [3.63, 3.8) is 0 Å². The van der Waals surface area contributed by atoms with E-state index in [9.17, 15) is 4.79 Å². The summed E-state index contributed by atoms with van der Waals surface area (Å²) < 4.78 is 13.7. The maximum Gasteiger partial charge on any atom is 0.256 e. The Morgan fingerprint density at radius 2 is 1.72 bits per heavy atom. The quantitative estimate of drug-likeness (QED) is 0.662. The third kappa shape index (κ3) is 3.75. The van der Waals surface area contributed by atoms with Gasteiger partial charge < -0.3 is 18.9 Å². The number of fused-ring (bicyclic) bond motifs is 1. The maximum absolute atomic E-state index is 13.1. The van der Waals surface area contributed by atoms with Crippen molar-refractivity contribution in [3.8, 4) is 5.75 Å². The van der Waals surface area contributed by atoms with Crippen molar-refractivity contribution in [1.29, 1.82) is 0 Å². The molecule has 1 aliphatic heterocycles. The third-order valence-corrected chi connectivity index (χ3v) is 6.01. The second-order valence-electron chi connectivity index (χ2n) is 8.01. The molecular formula is C24H26N2O3. The SMILES string of the molecule is O=C(c1cn(CC2CC(Oc3ccccc3)C2)c2ccccc12)N1CCOCC1. The molecule has 2 aliphatic rings. The number of nitrogens with zero attached hydrogens (tertiary/aromatic N) is 2. The van der Waals surface area contributed by atoms with E-state index in [4.69, 9.17) is 9.47 Å². The van der Waals surface area contributed by atoms with Gasteiger partial charge in [-0.25, -0.2) is 0 Å². The molecule has 1 aliphatic carbocycles. The van der Waals surface area contributed by atoms with E-state index in [2.05, 4.69) is 16.7 Å². The monoisotopic (exact) mass is 390 g/mol. The minimum Gasteiger partial charge on any atom is -0.490 e. The molecule has 1 saturated heterocycles. The van der Waals surface area contributed by atoms with Crippen molar-refractivity contribution in [1.82, 2.24) is 9.47 Å². The number of ether oxygens (including phenoxy) is 2. The predicted molar refractivity (Wildman–Crippen MR) is 112 cm³/mol. The summed E-state index contributed by atoms with van der Waals surface area (Å²) in [5, 5.41) is 1.04. The molecule has 29 heavy (non-hydrogen) atoms. The summed E-state index contributed by atoms with van der Waals surface area (Å²) in [6.07, 6.45) is 4.44. The number of hydrogen-bond donors (Lipinski definition) is 0. The molecule has 2 aromatic carbocycles. The fourth-order valence-corrected chi connectivity index (χ4v) is 4.39. The van der Waals surface area contributed by atoms with Crippen molar-refractivity contribution in [2.75, 3.05) is 26.3 Å². The van der Waals surface area contributed by atoms with Crippen LogP contribution in [0.1, 0.15) is 23.2 Å². The summed E-state index contributed by atoms with van der Waals surface area (Å²) >= 11 is 0. The summed E-state index contributed by atoms with van der Waals surface area (Å²) in [5.74, 6) is 1.63. The average molecular weight is 390 g/mol. The van der Waals surface area contributed by atoms with Gasteiger partial charge in [0.25, 0.3) is 5.91 Å². The van der Waals surface area contributed by atoms with Gasteiger partial charge in [-0.1, -0.05) is 36.4 Å². The number of rotatable bonds is 5. The number of amides is 1. The molecule has 5 rings (SSSR count). The van der Waals surface area contributed by atoms with Gasteiger partial charge in [0.05, 0.1) is 24.9 Å². The summed E-state index contributed by atoms with van der Waals surface area (Å²) in [6.45, 7) is 3.50. The molecule has 0 N–H and O–H groups in total. The Balaban J connectivity index is 1.29. The Morgan fingerprint density at radius 3 is 2.52 bits per heavy atom. The number of carbonyl (C=O) groups is 1. The second-order valence-corrected chi connectivity index (χ2v) is 8.01. The number of aromatic nitrogens is 1. The number of hydrogen-bond acceptors (Lipinski definition) is 3. The highest BCUT2D eigenvalue weighted by molar-refractivity contribution is 6.07. The predicted octanol–water partition coefficient (Wildman–Crippen LogP) is 3.97. The lowest BCUT2D eigenvalue weighted by atomic mass is 9.82. The van der Waals surface area contributed by atoms with Gasteiger partial charge in [0, 0.05) is 36.7 Å². The normalized spacial score (nSPS) is 21.7. The first-order valence-electron chi connectivity index (χ1n) is 10.4. The Kier molecular flexibility index (Phi) is 4.98. The van der Waals surface area contributed by atoms with E-state index >= 15 is 0 Å². The standard InChI is InChI=1S/C24H26N2O3/c27-24(25-10-12-28-13-11-25)22-17-26(23-9-5-4-8-21(22)23)16-18-14-20(15-18)29-19-6-2-1-3-7-19/h1-9,17-18,20H,10-16H2. The molecule has 0 unspecified atom stereocenters.